The molecule has 0 fully saturated rings. The van der Waals surface area contributed by atoms with Crippen LogP contribution >= 0.6 is 15.9 Å². The van der Waals surface area contributed by atoms with Gasteiger partial charge in [-0.3, -0.25) is 0 Å². The Morgan fingerprint density at radius 1 is 1.15 bits per heavy atom. The Labute approximate surface area is 201 Å². The highest BCUT2D eigenvalue weighted by molar-refractivity contribution is 9.10. The van der Waals surface area contributed by atoms with Crippen LogP contribution in [-0.4, -0.2) is 23.9 Å². The van der Waals surface area contributed by atoms with Crippen LogP contribution in [0, 0.1) is 6.92 Å². The fourth-order valence-corrected chi connectivity index (χ4v) is 4.90. The van der Waals surface area contributed by atoms with Gasteiger partial charge in [0, 0.05) is 10.9 Å². The molecule has 0 saturated heterocycles. The van der Waals surface area contributed by atoms with E-state index < -0.39 is 28.7 Å². The number of amides is 1. The third-order valence-corrected chi connectivity index (χ3v) is 7.09. The molecule has 9 heteroatoms. The van der Waals surface area contributed by atoms with Crippen molar-refractivity contribution < 1.29 is 27.8 Å². The van der Waals surface area contributed by atoms with E-state index in [0.717, 1.165) is 21.2 Å². The second-order valence-electron chi connectivity index (χ2n) is 7.63. The maximum atomic E-state index is 12.6. The highest BCUT2D eigenvalue weighted by Crippen LogP contribution is 2.38. The van der Waals surface area contributed by atoms with Crippen LogP contribution in [0.5, 0.6) is 11.5 Å². The number of ether oxygens (including phenoxy) is 3. The molecule has 172 valence electrons. The average Bonchev–Trinajstić information content (AvgIpc) is 2.78. The van der Waals surface area contributed by atoms with Gasteiger partial charge in [0.15, 0.2) is 21.4 Å². The van der Waals surface area contributed by atoms with Gasteiger partial charge in [-0.1, -0.05) is 50.0 Å². The van der Waals surface area contributed by atoms with E-state index in [9.17, 15) is 13.6 Å². The zero-order chi connectivity index (χ0) is 23.6. The topological polar surface area (TPSA) is 96.9 Å². The van der Waals surface area contributed by atoms with Crippen molar-refractivity contribution in [1.29, 1.82) is 0 Å². The number of halogens is 1. The number of hydrogen-bond donors (Lipinski definition) is 1. The SMILES string of the molecule is COc1cccc([C@@H]2Oc3ccc(Br)cc3C[C@@H]2OC(=O)N[S+](=O)([O-])c2ccc(C)cc2)c1. The molecule has 3 aromatic carbocycles. The van der Waals surface area contributed by atoms with Gasteiger partial charge >= 0.3 is 6.09 Å². The van der Waals surface area contributed by atoms with Gasteiger partial charge in [0.25, 0.3) is 0 Å². The van der Waals surface area contributed by atoms with E-state index in [1.807, 2.05) is 42.0 Å². The van der Waals surface area contributed by atoms with Gasteiger partial charge in [-0.15, -0.1) is 4.72 Å². The lowest BCUT2D eigenvalue weighted by atomic mass is 9.94. The predicted molar refractivity (Wildman–Crippen MR) is 126 cm³/mol. The Morgan fingerprint density at radius 3 is 2.64 bits per heavy atom. The average molecular weight is 532 g/mol. The van der Waals surface area contributed by atoms with Gasteiger partial charge in [-0.25, -0.2) is 4.79 Å². The van der Waals surface area contributed by atoms with Crippen molar-refractivity contribution in [2.75, 3.05) is 7.11 Å². The van der Waals surface area contributed by atoms with E-state index in [0.29, 0.717) is 17.9 Å². The Balaban J connectivity index is 1.59. The zero-order valence-corrected chi connectivity index (χ0v) is 20.4. The summed E-state index contributed by atoms with van der Waals surface area (Å²) in [5, 5.41) is 0. The van der Waals surface area contributed by atoms with Crippen molar-refractivity contribution in [3.05, 3.63) is 87.9 Å². The second kappa shape index (κ2) is 9.54. The molecule has 1 amide bonds. The Hall–Kier alpha value is -2.88. The smallest absolute Gasteiger partial charge is 0.449 e. The monoisotopic (exact) mass is 531 g/mol. The number of carbonyl (C=O) groups excluding carboxylic acids is 1. The molecule has 3 aromatic rings. The Morgan fingerprint density at radius 2 is 1.91 bits per heavy atom. The Kier molecular flexibility index (Phi) is 6.73. The fraction of sp³-hybridized carbons (Fsp3) is 0.208. The van der Waals surface area contributed by atoms with Gasteiger partial charge in [0.05, 0.1) is 7.11 Å². The number of methoxy groups -OCH3 is 1. The van der Waals surface area contributed by atoms with Crippen molar-refractivity contribution in [1.82, 2.24) is 4.72 Å². The summed E-state index contributed by atoms with van der Waals surface area (Å²) in [6.45, 7) is 1.84. The largest absolute Gasteiger partial charge is 0.588 e. The molecule has 33 heavy (non-hydrogen) atoms. The maximum absolute atomic E-state index is 12.6. The number of rotatable bonds is 5. The van der Waals surface area contributed by atoms with Crippen LogP contribution in [-0.2, 0) is 25.8 Å². The number of hydrogen-bond acceptors (Lipinski definition) is 6. The van der Waals surface area contributed by atoms with Crippen molar-refractivity contribution in [2.45, 2.75) is 30.4 Å². The van der Waals surface area contributed by atoms with Gasteiger partial charge in [-0.2, -0.15) is 0 Å². The summed E-state index contributed by atoms with van der Waals surface area (Å²) in [4.78, 5) is 12.6. The van der Waals surface area contributed by atoms with E-state index in [4.69, 9.17) is 14.2 Å². The first-order chi connectivity index (χ1) is 15.7. The molecule has 0 saturated carbocycles. The van der Waals surface area contributed by atoms with Crippen molar-refractivity contribution in [3.63, 3.8) is 0 Å². The van der Waals surface area contributed by atoms with Crippen LogP contribution in [0.4, 0.5) is 4.79 Å². The van der Waals surface area contributed by atoms with Gasteiger partial charge < -0.3 is 18.8 Å². The van der Waals surface area contributed by atoms with Gasteiger partial charge in [-0.05, 0) is 60.5 Å². The minimum Gasteiger partial charge on any atom is -0.588 e. The third-order valence-electron chi connectivity index (χ3n) is 5.26. The standard InChI is InChI=1S/C24H22BrNO6S/c1-15-6-9-20(10-7-15)33(28,29)26-24(27)32-22-14-17-12-18(25)8-11-21(17)31-23(22)16-4-3-5-19(13-16)30-2/h3-13,22-23H,14H2,1-2H3,(H-,26,27,28,29)/t22-,23-/m0/s1. The molecule has 0 aliphatic carbocycles. The second-order valence-corrected chi connectivity index (χ2v) is 10.2. The number of aryl methyl sites for hydroxylation is 1. The minimum atomic E-state index is -4.08. The van der Waals surface area contributed by atoms with E-state index >= 15 is 0 Å². The molecule has 4 rings (SSSR count). The van der Waals surface area contributed by atoms with E-state index in [1.54, 1.807) is 31.4 Å². The van der Waals surface area contributed by atoms with E-state index in [-0.39, 0.29) is 4.90 Å². The van der Waals surface area contributed by atoms with Crippen LogP contribution in [0.2, 0.25) is 0 Å². The number of fused-ring (bicyclic) bond motifs is 1. The van der Waals surface area contributed by atoms with Crippen molar-refractivity contribution in [2.24, 2.45) is 0 Å². The van der Waals surface area contributed by atoms with Crippen LogP contribution in [0.25, 0.3) is 0 Å². The van der Waals surface area contributed by atoms with Crippen molar-refractivity contribution >= 4 is 32.4 Å². The number of carbonyl (C=O) groups is 1. The maximum Gasteiger partial charge on any atom is 0.449 e. The quantitative estimate of drug-likeness (QED) is 0.457. The lowest BCUT2D eigenvalue weighted by Gasteiger charge is -2.33. The normalized spacial score (nSPS) is 18.9. The predicted octanol–water partition coefficient (Wildman–Crippen LogP) is 5.14. The number of sulfonamides is 1. The van der Waals surface area contributed by atoms with Crippen LogP contribution in [0.15, 0.2) is 76.1 Å². The first kappa shape index (κ1) is 23.3. The molecule has 0 bridgehead atoms. The Bertz CT molecular complexity index is 1220. The summed E-state index contributed by atoms with van der Waals surface area (Å²) in [6.07, 6.45) is -2.15. The minimum absolute atomic E-state index is 0.0245. The molecule has 7 nitrogen and oxygen atoms in total. The summed E-state index contributed by atoms with van der Waals surface area (Å²) < 4.78 is 45.2. The molecule has 0 aromatic heterocycles. The fourth-order valence-electron chi connectivity index (χ4n) is 3.61. The van der Waals surface area contributed by atoms with Crippen LogP contribution in [0.1, 0.15) is 22.8 Å². The molecule has 0 spiro atoms. The highest BCUT2D eigenvalue weighted by Gasteiger charge is 2.36. The first-order valence-corrected chi connectivity index (χ1v) is 12.4. The molecule has 0 radical (unpaired) electrons. The zero-order valence-electron chi connectivity index (χ0n) is 17.9. The summed E-state index contributed by atoms with van der Waals surface area (Å²) in [5.41, 5.74) is 2.48. The molecule has 1 N–H and O–H groups in total. The highest BCUT2D eigenvalue weighted by atomic mass is 79.9. The molecule has 1 aliphatic rings. The molecule has 1 aliphatic heterocycles. The van der Waals surface area contributed by atoms with E-state index in [1.165, 1.54) is 12.1 Å². The molecule has 3 atom stereocenters. The van der Waals surface area contributed by atoms with Crippen molar-refractivity contribution in [3.8, 4) is 11.5 Å². The van der Waals surface area contributed by atoms with Crippen LogP contribution < -0.4 is 14.2 Å². The molecular formula is C24H22BrNO6S. The molecule has 1 unspecified atom stereocenters. The third kappa shape index (κ3) is 5.38. The molecular weight excluding hydrogens is 510 g/mol. The summed E-state index contributed by atoms with van der Waals surface area (Å²) >= 11 is 3.44. The van der Waals surface area contributed by atoms with Gasteiger partial charge in [0.1, 0.15) is 17.6 Å². The van der Waals surface area contributed by atoms with Crippen LogP contribution in [0.3, 0.4) is 0 Å². The number of nitrogens with one attached hydrogen (secondary N) is 1. The van der Waals surface area contributed by atoms with Gasteiger partial charge in [0.2, 0.25) is 0 Å². The lowest BCUT2D eigenvalue weighted by Crippen LogP contribution is -2.41. The summed E-state index contributed by atoms with van der Waals surface area (Å²) in [5.74, 6) is 1.29. The van der Waals surface area contributed by atoms with E-state index in [2.05, 4.69) is 15.9 Å². The molecule has 1 heterocycles. The lowest BCUT2D eigenvalue weighted by molar-refractivity contribution is 0.00517. The summed E-state index contributed by atoms with van der Waals surface area (Å²) in [7, 11) is -2.52. The number of benzene rings is 3. The first-order valence-electron chi connectivity index (χ1n) is 10.1. The summed E-state index contributed by atoms with van der Waals surface area (Å²) in [6, 6.07) is 19.0.